The average Bonchev–Trinajstić information content (AvgIpc) is 2.72. The number of pyridine rings is 1. The van der Waals surface area contributed by atoms with Crippen molar-refractivity contribution in [3.63, 3.8) is 0 Å². The summed E-state index contributed by atoms with van der Waals surface area (Å²) in [4.78, 5) is 21.0. The number of carbonyl (C=O) groups excluding carboxylic acids is 1. The van der Waals surface area contributed by atoms with Crippen LogP contribution in [0, 0.1) is 18.3 Å². The van der Waals surface area contributed by atoms with Gasteiger partial charge in [0.05, 0.1) is 19.8 Å². The third kappa shape index (κ3) is 4.51. The zero-order valence-electron chi connectivity index (χ0n) is 17.1. The van der Waals surface area contributed by atoms with E-state index in [9.17, 15) is 4.79 Å². The Bertz CT molecular complexity index is 940. The Hall–Kier alpha value is -3.47. The van der Waals surface area contributed by atoms with E-state index in [2.05, 4.69) is 28.2 Å². The second kappa shape index (κ2) is 8.69. The van der Waals surface area contributed by atoms with Crippen LogP contribution in [0.1, 0.15) is 18.2 Å². The Labute approximate surface area is 170 Å². The Balaban J connectivity index is 1.67. The molecule has 0 aliphatic carbocycles. The Morgan fingerprint density at radius 1 is 1.24 bits per heavy atom. The summed E-state index contributed by atoms with van der Waals surface area (Å²) in [6, 6.07) is 11.1. The van der Waals surface area contributed by atoms with Crippen LogP contribution in [-0.4, -0.2) is 55.8 Å². The third-order valence-electron chi connectivity index (χ3n) is 4.94. The second-order valence-electron chi connectivity index (χ2n) is 6.95. The number of hydrogen-bond donors (Lipinski definition) is 1. The van der Waals surface area contributed by atoms with Gasteiger partial charge in [-0.15, -0.1) is 0 Å². The normalized spacial score (nSPS) is 16.2. The molecule has 8 nitrogen and oxygen atoms in total. The van der Waals surface area contributed by atoms with E-state index in [1.54, 1.807) is 31.3 Å². The first-order chi connectivity index (χ1) is 13.9. The number of anilines is 2. The van der Waals surface area contributed by atoms with Gasteiger partial charge in [-0.25, -0.2) is 9.78 Å². The molecular weight excluding hydrogens is 370 g/mol. The number of nitrogens with one attached hydrogen (secondary N) is 1. The SMILES string of the molecule is COc1cc(NC(=O)N2CCN(c3ccc(C#N)c(OC)c3)[C@@H](C)C2)cc(C)n1. The minimum atomic E-state index is -0.151. The standard InChI is InChI=1S/C21H25N5O3/c1-14-9-17(10-20(23-14)29-4)24-21(27)25-7-8-26(15(2)13-25)18-6-5-16(12-22)19(11-18)28-3/h5-6,9-11,15H,7-8,13H2,1-4H3,(H,23,24,27)/t15-/m0/s1. The number of amides is 2. The van der Waals surface area contributed by atoms with Crippen molar-refractivity contribution in [3.05, 3.63) is 41.6 Å². The molecule has 0 bridgehead atoms. The first-order valence-electron chi connectivity index (χ1n) is 9.38. The van der Waals surface area contributed by atoms with Crippen LogP contribution >= 0.6 is 0 Å². The van der Waals surface area contributed by atoms with Gasteiger partial charge in [0.1, 0.15) is 11.8 Å². The predicted molar refractivity (Wildman–Crippen MR) is 111 cm³/mol. The molecule has 2 aromatic rings. The minimum Gasteiger partial charge on any atom is -0.495 e. The topological polar surface area (TPSA) is 90.7 Å². The molecule has 1 aromatic heterocycles. The van der Waals surface area contributed by atoms with Crippen LogP contribution in [0.3, 0.4) is 0 Å². The molecule has 1 N–H and O–H groups in total. The van der Waals surface area contributed by atoms with Gasteiger partial charge < -0.3 is 24.6 Å². The van der Waals surface area contributed by atoms with Crippen molar-refractivity contribution in [1.29, 1.82) is 5.26 Å². The van der Waals surface area contributed by atoms with E-state index in [0.717, 1.165) is 11.4 Å². The largest absolute Gasteiger partial charge is 0.495 e. The van der Waals surface area contributed by atoms with Gasteiger partial charge in [0.2, 0.25) is 5.88 Å². The zero-order valence-corrected chi connectivity index (χ0v) is 17.1. The van der Waals surface area contributed by atoms with Gasteiger partial charge in [-0.1, -0.05) is 0 Å². The van der Waals surface area contributed by atoms with Gasteiger partial charge in [0.15, 0.2) is 0 Å². The number of aryl methyl sites for hydroxylation is 1. The van der Waals surface area contributed by atoms with Crippen molar-refractivity contribution in [2.45, 2.75) is 19.9 Å². The molecule has 2 amide bonds. The molecule has 1 aromatic carbocycles. The predicted octanol–water partition coefficient (Wildman–Crippen LogP) is 3.02. The number of carbonyl (C=O) groups is 1. The highest BCUT2D eigenvalue weighted by atomic mass is 16.5. The van der Waals surface area contributed by atoms with Crippen molar-refractivity contribution in [1.82, 2.24) is 9.88 Å². The molecule has 2 heterocycles. The Morgan fingerprint density at radius 3 is 2.69 bits per heavy atom. The summed E-state index contributed by atoms with van der Waals surface area (Å²) in [6.07, 6.45) is 0. The molecule has 0 radical (unpaired) electrons. The number of piperazine rings is 1. The molecule has 1 aliphatic heterocycles. The van der Waals surface area contributed by atoms with Crippen LogP contribution in [-0.2, 0) is 0 Å². The van der Waals surface area contributed by atoms with Crippen LogP contribution in [0.25, 0.3) is 0 Å². The Morgan fingerprint density at radius 2 is 2.03 bits per heavy atom. The molecule has 0 saturated carbocycles. The molecule has 1 saturated heterocycles. The number of rotatable bonds is 4. The fourth-order valence-electron chi connectivity index (χ4n) is 3.49. The lowest BCUT2D eigenvalue weighted by atomic mass is 10.1. The van der Waals surface area contributed by atoms with Gasteiger partial charge in [-0.3, -0.25) is 0 Å². The summed E-state index contributed by atoms with van der Waals surface area (Å²) in [5.74, 6) is 1.02. The first kappa shape index (κ1) is 20.3. The Kier molecular flexibility index (Phi) is 6.07. The number of urea groups is 1. The highest BCUT2D eigenvalue weighted by Gasteiger charge is 2.27. The maximum absolute atomic E-state index is 12.7. The van der Waals surface area contributed by atoms with E-state index in [4.69, 9.17) is 14.7 Å². The fraction of sp³-hybridized carbons (Fsp3) is 0.381. The lowest BCUT2D eigenvalue weighted by molar-refractivity contribution is 0.200. The highest BCUT2D eigenvalue weighted by molar-refractivity contribution is 5.89. The molecular formula is C21H25N5O3. The number of hydrogen-bond acceptors (Lipinski definition) is 6. The van der Waals surface area contributed by atoms with Crippen molar-refractivity contribution < 1.29 is 14.3 Å². The van der Waals surface area contributed by atoms with Crippen molar-refractivity contribution >= 4 is 17.4 Å². The second-order valence-corrected chi connectivity index (χ2v) is 6.95. The van der Waals surface area contributed by atoms with Crippen LogP contribution in [0.2, 0.25) is 0 Å². The zero-order chi connectivity index (χ0) is 21.0. The van der Waals surface area contributed by atoms with Crippen LogP contribution in [0.15, 0.2) is 30.3 Å². The van der Waals surface area contributed by atoms with Gasteiger partial charge in [-0.2, -0.15) is 5.26 Å². The number of nitriles is 1. The van der Waals surface area contributed by atoms with Crippen LogP contribution < -0.4 is 19.7 Å². The van der Waals surface area contributed by atoms with Gasteiger partial charge >= 0.3 is 6.03 Å². The molecule has 0 unspecified atom stereocenters. The summed E-state index contributed by atoms with van der Waals surface area (Å²) in [5, 5.41) is 12.1. The molecule has 1 atom stereocenters. The quantitative estimate of drug-likeness (QED) is 0.856. The van der Waals surface area contributed by atoms with Crippen LogP contribution in [0.4, 0.5) is 16.2 Å². The van der Waals surface area contributed by atoms with E-state index in [0.29, 0.717) is 42.5 Å². The van der Waals surface area contributed by atoms with Crippen molar-refractivity contribution in [2.24, 2.45) is 0 Å². The molecule has 1 aliphatic rings. The molecule has 0 spiro atoms. The van der Waals surface area contributed by atoms with Crippen molar-refractivity contribution in [2.75, 3.05) is 44.1 Å². The molecule has 1 fully saturated rings. The summed E-state index contributed by atoms with van der Waals surface area (Å²) in [6.45, 7) is 5.77. The maximum atomic E-state index is 12.7. The monoisotopic (exact) mass is 395 g/mol. The summed E-state index contributed by atoms with van der Waals surface area (Å²) >= 11 is 0. The van der Waals surface area contributed by atoms with Crippen LogP contribution in [0.5, 0.6) is 11.6 Å². The molecule has 152 valence electrons. The van der Waals surface area contributed by atoms with E-state index in [-0.39, 0.29) is 12.1 Å². The summed E-state index contributed by atoms with van der Waals surface area (Å²) in [5.41, 5.74) is 2.91. The maximum Gasteiger partial charge on any atom is 0.321 e. The highest BCUT2D eigenvalue weighted by Crippen LogP contribution is 2.28. The van der Waals surface area contributed by atoms with Gasteiger partial charge in [-0.05, 0) is 32.0 Å². The summed E-state index contributed by atoms with van der Waals surface area (Å²) in [7, 11) is 3.11. The summed E-state index contributed by atoms with van der Waals surface area (Å²) < 4.78 is 10.5. The molecule has 3 rings (SSSR count). The smallest absolute Gasteiger partial charge is 0.321 e. The van der Waals surface area contributed by atoms with E-state index in [1.807, 2.05) is 25.1 Å². The lowest BCUT2D eigenvalue weighted by Crippen LogP contribution is -2.54. The van der Waals surface area contributed by atoms with Crippen molar-refractivity contribution in [3.8, 4) is 17.7 Å². The number of nitrogens with zero attached hydrogens (tertiary/aromatic N) is 4. The van der Waals surface area contributed by atoms with Gasteiger partial charge in [0.25, 0.3) is 0 Å². The van der Waals surface area contributed by atoms with E-state index < -0.39 is 0 Å². The van der Waals surface area contributed by atoms with Gasteiger partial charge in [0, 0.05) is 54.9 Å². The number of methoxy groups -OCH3 is 2. The molecule has 8 heteroatoms. The molecule has 29 heavy (non-hydrogen) atoms. The minimum absolute atomic E-state index is 0.112. The average molecular weight is 395 g/mol. The third-order valence-corrected chi connectivity index (χ3v) is 4.94. The fourth-order valence-corrected chi connectivity index (χ4v) is 3.49. The number of benzene rings is 1. The van der Waals surface area contributed by atoms with E-state index in [1.165, 1.54) is 0 Å². The number of ether oxygens (including phenoxy) is 2. The first-order valence-corrected chi connectivity index (χ1v) is 9.38. The number of aromatic nitrogens is 1. The lowest BCUT2D eigenvalue weighted by Gasteiger charge is -2.41. The van der Waals surface area contributed by atoms with E-state index >= 15 is 0 Å².